The number of carbonyl (C=O) groups excluding carboxylic acids is 8. The van der Waals surface area contributed by atoms with Crippen molar-refractivity contribution in [1.29, 1.82) is 0 Å². The molecule has 19 nitrogen and oxygen atoms in total. The second-order valence-corrected chi connectivity index (χ2v) is 17.6. The first kappa shape index (κ1) is 52.0. The fourth-order valence-electron chi connectivity index (χ4n) is 7.75. The predicted octanol–water partition coefficient (Wildman–Crippen LogP) is 0.325. The van der Waals surface area contributed by atoms with Crippen molar-refractivity contribution in [2.75, 3.05) is 20.7 Å². The number of cyclic esters (lactones) is 1. The van der Waals surface area contributed by atoms with Gasteiger partial charge in [0.05, 0.1) is 13.2 Å². The van der Waals surface area contributed by atoms with Gasteiger partial charge in [-0.25, -0.2) is 10.2 Å². The van der Waals surface area contributed by atoms with Gasteiger partial charge in [0, 0.05) is 26.4 Å². The first-order valence-electron chi connectivity index (χ1n) is 21.9. The maximum atomic E-state index is 14.6. The zero-order valence-electron chi connectivity index (χ0n) is 38.6. The molecule has 19 heteroatoms. The van der Waals surface area contributed by atoms with Gasteiger partial charge in [-0.1, -0.05) is 80.4 Å². The molecule has 7 N–H and O–H groups in total. The standard InChI is InChI=1S/C44H70N8O11/c1-12-25(7)34(45-22-53)40(57)50-36-27(9)63-44(61)37(24(5)6)51(10)43(60)35(26(8)13-2)49-39(56)33-20-29(54)21-46-52(33)42(59)32(18-23(3)4)48-38(55)31(47-41(36)58)19-28-14-16-30(62-11)17-15-28/h14-17,22-27,29,31-37,46,54H,12-13,18-21H2,1-11H3,(H,45,53)(H,47,58)(H,48,55)(H,49,56)(H,50,57). The monoisotopic (exact) mass is 887 g/mol. The molecule has 11 atom stereocenters. The molecule has 2 saturated heterocycles. The van der Waals surface area contributed by atoms with Gasteiger partial charge in [-0.15, -0.1) is 0 Å². The van der Waals surface area contributed by atoms with Gasteiger partial charge in [-0.3, -0.25) is 38.6 Å². The first-order valence-corrected chi connectivity index (χ1v) is 21.9. The number of hydrogen-bond donors (Lipinski definition) is 7. The van der Waals surface area contributed by atoms with Crippen molar-refractivity contribution in [1.82, 2.24) is 41.9 Å². The van der Waals surface area contributed by atoms with Crippen LogP contribution in [0.3, 0.4) is 0 Å². The molecule has 0 aliphatic carbocycles. The number of aliphatic hydroxyl groups excluding tert-OH is 1. The minimum atomic E-state index is -1.64. The lowest BCUT2D eigenvalue weighted by atomic mass is 9.94. The lowest BCUT2D eigenvalue weighted by Crippen LogP contribution is -2.67. The third-order valence-electron chi connectivity index (χ3n) is 11.9. The Labute approximate surface area is 370 Å². The van der Waals surface area contributed by atoms with Crippen molar-refractivity contribution in [3.63, 3.8) is 0 Å². The van der Waals surface area contributed by atoms with Crippen LogP contribution in [0.4, 0.5) is 0 Å². The molecule has 63 heavy (non-hydrogen) atoms. The maximum Gasteiger partial charge on any atom is 0.329 e. The van der Waals surface area contributed by atoms with Crippen LogP contribution in [0.5, 0.6) is 5.75 Å². The van der Waals surface area contributed by atoms with Crippen LogP contribution in [-0.2, 0) is 49.5 Å². The summed E-state index contributed by atoms with van der Waals surface area (Å²) in [4.78, 5) is 113. The highest BCUT2D eigenvalue weighted by molar-refractivity contribution is 5.98. The van der Waals surface area contributed by atoms with E-state index in [0.29, 0.717) is 30.6 Å². The molecule has 3 rings (SSSR count). The Morgan fingerprint density at radius 1 is 0.921 bits per heavy atom. The van der Waals surface area contributed by atoms with Gasteiger partial charge in [0.15, 0.2) is 0 Å². The molecule has 0 spiro atoms. The van der Waals surface area contributed by atoms with Crippen LogP contribution < -0.4 is 36.7 Å². The number of benzene rings is 1. The van der Waals surface area contributed by atoms with Crippen LogP contribution in [0, 0.1) is 23.7 Å². The van der Waals surface area contributed by atoms with Gasteiger partial charge < -0.3 is 46.1 Å². The topological polar surface area (TPSA) is 254 Å². The number of esters is 1. The number of carbonyl (C=O) groups is 8. The summed E-state index contributed by atoms with van der Waals surface area (Å²) in [7, 11) is 2.90. The summed E-state index contributed by atoms with van der Waals surface area (Å²) in [6, 6.07) is -2.42. The smallest absolute Gasteiger partial charge is 0.329 e. The van der Waals surface area contributed by atoms with E-state index in [9.17, 15) is 43.5 Å². The van der Waals surface area contributed by atoms with Crippen LogP contribution >= 0.6 is 0 Å². The van der Waals surface area contributed by atoms with Crippen LogP contribution in [-0.4, -0.2) is 138 Å². The average Bonchev–Trinajstić information content (AvgIpc) is 3.24. The Morgan fingerprint density at radius 3 is 2.11 bits per heavy atom. The number of nitrogens with one attached hydrogen (secondary N) is 6. The van der Waals surface area contributed by atoms with E-state index in [0.717, 1.165) is 5.01 Å². The summed E-state index contributed by atoms with van der Waals surface area (Å²) in [5, 5.41) is 25.3. The summed E-state index contributed by atoms with van der Waals surface area (Å²) in [6.07, 6.45) is -1.38. The van der Waals surface area contributed by atoms with Gasteiger partial charge in [0.25, 0.3) is 5.91 Å². The molecule has 0 bridgehead atoms. The molecule has 2 aliphatic heterocycles. The molecular formula is C44H70N8O11. The molecule has 0 saturated carbocycles. The van der Waals surface area contributed by atoms with E-state index >= 15 is 0 Å². The number of methoxy groups -OCH3 is 1. The second-order valence-electron chi connectivity index (χ2n) is 17.6. The van der Waals surface area contributed by atoms with Gasteiger partial charge in [0.1, 0.15) is 54.1 Å². The number of hydrazine groups is 1. The summed E-state index contributed by atoms with van der Waals surface area (Å²) < 4.78 is 11.2. The molecule has 1 aromatic rings. The Bertz CT molecular complexity index is 1760. The molecule has 0 radical (unpaired) electrons. The molecule has 11 unspecified atom stereocenters. The number of nitrogens with zero attached hydrogens (tertiary/aromatic N) is 2. The Hall–Kier alpha value is -5.30. The molecule has 1 aromatic carbocycles. The van der Waals surface area contributed by atoms with Crippen molar-refractivity contribution < 1.29 is 52.9 Å². The lowest BCUT2D eigenvalue weighted by molar-refractivity contribution is -0.163. The third kappa shape index (κ3) is 13.8. The van der Waals surface area contributed by atoms with E-state index in [1.54, 1.807) is 52.0 Å². The molecular weight excluding hydrogens is 817 g/mol. The molecule has 2 aliphatic rings. The SMILES string of the molecule is CCC(C)C(NC=O)C(=O)NC1C(=O)NC(Cc2ccc(OC)cc2)C(=O)NC(CC(C)C)C(=O)N2NCC(O)CC2C(=O)NC(C(C)CC)C(=O)N(C)C(C(C)C)C(=O)OC1C. The average molecular weight is 887 g/mol. The summed E-state index contributed by atoms with van der Waals surface area (Å²) in [5.74, 6) is -6.51. The third-order valence-corrected chi connectivity index (χ3v) is 11.9. The highest BCUT2D eigenvalue weighted by Gasteiger charge is 2.44. The van der Waals surface area contributed by atoms with Crippen LogP contribution in [0.25, 0.3) is 0 Å². The highest BCUT2D eigenvalue weighted by atomic mass is 16.5. The van der Waals surface area contributed by atoms with E-state index in [2.05, 4.69) is 32.0 Å². The molecule has 2 fully saturated rings. The van der Waals surface area contributed by atoms with E-state index in [1.165, 1.54) is 26.0 Å². The van der Waals surface area contributed by atoms with E-state index in [4.69, 9.17) is 9.47 Å². The van der Waals surface area contributed by atoms with Crippen LogP contribution in [0.2, 0.25) is 0 Å². The van der Waals surface area contributed by atoms with Crippen molar-refractivity contribution in [2.45, 2.75) is 149 Å². The number of hydrogen-bond acceptors (Lipinski definition) is 12. The van der Waals surface area contributed by atoms with Gasteiger partial charge in [-0.05, 0) is 54.7 Å². The summed E-state index contributed by atoms with van der Waals surface area (Å²) in [6.45, 7) is 15.5. The Kier molecular flexibility index (Phi) is 19.8. The van der Waals surface area contributed by atoms with Crippen molar-refractivity contribution >= 4 is 47.8 Å². The van der Waals surface area contributed by atoms with E-state index in [-0.39, 0.29) is 37.6 Å². The maximum absolute atomic E-state index is 14.6. The number of rotatable bonds is 14. The van der Waals surface area contributed by atoms with Crippen molar-refractivity contribution in [2.24, 2.45) is 23.7 Å². The Balaban J connectivity index is 2.28. The number of amides is 7. The van der Waals surface area contributed by atoms with Crippen molar-refractivity contribution in [3.8, 4) is 5.75 Å². The predicted molar refractivity (Wildman–Crippen MR) is 232 cm³/mol. The van der Waals surface area contributed by atoms with Gasteiger partial charge in [0.2, 0.25) is 35.9 Å². The van der Waals surface area contributed by atoms with Gasteiger partial charge >= 0.3 is 5.97 Å². The first-order chi connectivity index (χ1) is 29.7. The normalized spacial score (nSPS) is 27.3. The van der Waals surface area contributed by atoms with E-state index in [1.807, 2.05) is 27.7 Å². The summed E-state index contributed by atoms with van der Waals surface area (Å²) in [5.41, 5.74) is 3.43. The molecule has 352 valence electrons. The minimum absolute atomic E-state index is 0.0891. The lowest BCUT2D eigenvalue weighted by Gasteiger charge is -2.40. The Morgan fingerprint density at radius 2 is 1.56 bits per heavy atom. The number of likely N-dealkylation sites (N-methyl/N-ethyl adjacent to an activating group) is 1. The molecule has 2 heterocycles. The number of ether oxygens (including phenoxy) is 2. The summed E-state index contributed by atoms with van der Waals surface area (Å²) >= 11 is 0. The largest absolute Gasteiger partial charge is 0.497 e. The zero-order valence-corrected chi connectivity index (χ0v) is 38.6. The number of aliphatic hydroxyl groups is 1. The second kappa shape index (κ2) is 24.0. The van der Waals surface area contributed by atoms with Crippen LogP contribution in [0.1, 0.15) is 93.6 Å². The van der Waals surface area contributed by atoms with Crippen molar-refractivity contribution in [3.05, 3.63) is 29.8 Å². The number of β-amino-alcohol motifs (C(OH)–C–C–N with tert-alkyl or cyclic N) is 1. The van der Waals surface area contributed by atoms with Gasteiger partial charge in [-0.2, -0.15) is 0 Å². The highest BCUT2D eigenvalue weighted by Crippen LogP contribution is 2.22. The zero-order chi connectivity index (χ0) is 47.3. The number of fused-ring (bicyclic) bond motifs is 1. The van der Waals surface area contributed by atoms with E-state index < -0.39 is 108 Å². The fraction of sp³-hybridized carbons (Fsp3) is 0.682. The quantitative estimate of drug-likeness (QED) is 0.0986. The molecule has 7 amide bonds. The minimum Gasteiger partial charge on any atom is -0.497 e. The fourth-order valence-corrected chi connectivity index (χ4v) is 7.75. The molecule has 0 aromatic heterocycles. The van der Waals surface area contributed by atoms with Crippen LogP contribution in [0.15, 0.2) is 24.3 Å².